The number of carbonyl (C=O) groups is 2. The lowest BCUT2D eigenvalue weighted by molar-refractivity contribution is -0.139. The number of hydrogen-bond acceptors (Lipinski definition) is 3. The van der Waals surface area contributed by atoms with Gasteiger partial charge in [-0.25, -0.2) is 5.43 Å². The number of hydrazone groups is 1. The predicted molar refractivity (Wildman–Crippen MR) is 88.2 cm³/mol. The Balaban J connectivity index is 1.80. The van der Waals surface area contributed by atoms with Crippen molar-refractivity contribution in [3.05, 3.63) is 70.2 Å². The van der Waals surface area contributed by atoms with Crippen LogP contribution in [0.15, 0.2) is 64.2 Å². The van der Waals surface area contributed by atoms with Gasteiger partial charge in [-0.05, 0) is 23.3 Å². The zero-order valence-corrected chi connectivity index (χ0v) is 13.2. The van der Waals surface area contributed by atoms with Crippen molar-refractivity contribution in [2.45, 2.75) is 6.54 Å². The highest BCUT2D eigenvalue weighted by atomic mass is 79.9. The molecule has 2 aromatic rings. The fourth-order valence-electron chi connectivity index (χ4n) is 1.66. The zero-order valence-electron chi connectivity index (χ0n) is 11.6. The minimum Gasteiger partial charge on any atom is -0.344 e. The van der Waals surface area contributed by atoms with Crippen LogP contribution in [0.2, 0.25) is 0 Å². The number of amides is 2. The van der Waals surface area contributed by atoms with E-state index in [4.69, 9.17) is 0 Å². The van der Waals surface area contributed by atoms with Crippen LogP contribution in [0.1, 0.15) is 11.1 Å². The number of carbonyl (C=O) groups excluding carboxylic acids is 2. The van der Waals surface area contributed by atoms with Crippen LogP contribution in [0.5, 0.6) is 0 Å². The van der Waals surface area contributed by atoms with Crippen LogP contribution in [-0.4, -0.2) is 18.0 Å². The molecule has 2 aromatic carbocycles. The van der Waals surface area contributed by atoms with Gasteiger partial charge in [0.25, 0.3) is 0 Å². The van der Waals surface area contributed by atoms with Crippen LogP contribution in [-0.2, 0) is 16.1 Å². The lowest BCUT2D eigenvalue weighted by Crippen LogP contribution is -2.37. The lowest BCUT2D eigenvalue weighted by Gasteiger charge is -2.03. The summed E-state index contributed by atoms with van der Waals surface area (Å²) in [5.74, 6) is -1.53. The van der Waals surface area contributed by atoms with Gasteiger partial charge in [0.2, 0.25) is 0 Å². The Bertz CT molecular complexity index is 687. The molecule has 0 heterocycles. The molecule has 0 spiro atoms. The molecule has 22 heavy (non-hydrogen) atoms. The molecule has 112 valence electrons. The van der Waals surface area contributed by atoms with Gasteiger partial charge in [-0.1, -0.05) is 58.4 Å². The summed E-state index contributed by atoms with van der Waals surface area (Å²) >= 11 is 3.34. The maximum atomic E-state index is 11.6. The zero-order chi connectivity index (χ0) is 15.8. The first-order valence-electron chi connectivity index (χ1n) is 6.56. The smallest absolute Gasteiger partial charge is 0.329 e. The fraction of sp³-hybridized carbons (Fsp3) is 0.0625. The SMILES string of the molecule is O=C(NCc1ccccc1)C(=O)N/N=C\c1cccc(Br)c1. The molecule has 0 fully saturated rings. The van der Waals surface area contributed by atoms with Gasteiger partial charge in [-0.15, -0.1) is 0 Å². The third kappa shape index (κ3) is 5.14. The molecular formula is C16H14BrN3O2. The van der Waals surface area contributed by atoms with E-state index in [-0.39, 0.29) is 0 Å². The van der Waals surface area contributed by atoms with Crippen LogP contribution in [0, 0.1) is 0 Å². The minimum absolute atomic E-state index is 0.294. The van der Waals surface area contributed by atoms with Crippen molar-refractivity contribution in [2.75, 3.05) is 0 Å². The Morgan fingerprint density at radius 1 is 1.05 bits per heavy atom. The van der Waals surface area contributed by atoms with E-state index < -0.39 is 11.8 Å². The van der Waals surface area contributed by atoms with E-state index >= 15 is 0 Å². The van der Waals surface area contributed by atoms with E-state index in [0.717, 1.165) is 15.6 Å². The Labute approximate surface area is 136 Å². The standard InChI is InChI=1S/C16H14BrN3O2/c17-14-8-4-7-13(9-14)11-19-20-16(22)15(21)18-10-12-5-2-1-3-6-12/h1-9,11H,10H2,(H,18,21)(H,20,22)/b19-11-. The number of nitrogens with one attached hydrogen (secondary N) is 2. The highest BCUT2D eigenvalue weighted by Gasteiger charge is 2.11. The summed E-state index contributed by atoms with van der Waals surface area (Å²) in [6.07, 6.45) is 1.47. The van der Waals surface area contributed by atoms with Gasteiger partial charge in [0.05, 0.1) is 6.21 Å². The number of rotatable bonds is 4. The second-order valence-corrected chi connectivity index (χ2v) is 5.34. The summed E-state index contributed by atoms with van der Waals surface area (Å²) in [5.41, 5.74) is 3.91. The number of benzene rings is 2. The highest BCUT2D eigenvalue weighted by molar-refractivity contribution is 9.10. The summed E-state index contributed by atoms with van der Waals surface area (Å²) in [4.78, 5) is 23.2. The minimum atomic E-state index is -0.804. The molecule has 0 unspecified atom stereocenters. The van der Waals surface area contributed by atoms with E-state index in [1.54, 1.807) is 0 Å². The molecule has 0 atom stereocenters. The largest absolute Gasteiger partial charge is 0.344 e. The topological polar surface area (TPSA) is 70.6 Å². The molecule has 0 bridgehead atoms. The van der Waals surface area contributed by atoms with Gasteiger partial charge in [0, 0.05) is 11.0 Å². The first-order valence-corrected chi connectivity index (χ1v) is 7.35. The predicted octanol–water partition coefficient (Wildman–Crippen LogP) is 2.22. The van der Waals surface area contributed by atoms with Crippen LogP contribution in [0.3, 0.4) is 0 Å². The molecular weight excluding hydrogens is 346 g/mol. The van der Waals surface area contributed by atoms with Crippen LogP contribution in [0.25, 0.3) is 0 Å². The van der Waals surface area contributed by atoms with Crippen molar-refractivity contribution >= 4 is 34.0 Å². The van der Waals surface area contributed by atoms with Crippen LogP contribution in [0.4, 0.5) is 0 Å². The summed E-state index contributed by atoms with van der Waals surface area (Å²) in [5, 5.41) is 6.28. The Hall–Kier alpha value is -2.47. The third-order valence-electron chi connectivity index (χ3n) is 2.73. The Morgan fingerprint density at radius 3 is 2.55 bits per heavy atom. The second kappa shape index (κ2) is 8.09. The molecule has 0 aliphatic rings. The lowest BCUT2D eigenvalue weighted by atomic mass is 10.2. The molecule has 2 amide bonds. The monoisotopic (exact) mass is 359 g/mol. The molecule has 0 saturated heterocycles. The van der Waals surface area contributed by atoms with E-state index in [1.165, 1.54) is 6.21 Å². The van der Waals surface area contributed by atoms with Crippen LogP contribution >= 0.6 is 15.9 Å². The maximum Gasteiger partial charge on any atom is 0.329 e. The fourth-order valence-corrected chi connectivity index (χ4v) is 2.08. The average Bonchev–Trinajstić information content (AvgIpc) is 2.53. The van der Waals surface area contributed by atoms with E-state index in [1.807, 2.05) is 54.6 Å². The quantitative estimate of drug-likeness (QED) is 0.499. The van der Waals surface area contributed by atoms with Crippen molar-refractivity contribution in [3.63, 3.8) is 0 Å². The van der Waals surface area contributed by atoms with E-state index in [0.29, 0.717) is 6.54 Å². The van der Waals surface area contributed by atoms with E-state index in [2.05, 4.69) is 31.8 Å². The van der Waals surface area contributed by atoms with Crippen molar-refractivity contribution in [1.29, 1.82) is 0 Å². The Morgan fingerprint density at radius 2 is 1.82 bits per heavy atom. The summed E-state index contributed by atoms with van der Waals surface area (Å²) in [6, 6.07) is 16.7. The number of hydrogen-bond donors (Lipinski definition) is 2. The summed E-state index contributed by atoms with van der Waals surface area (Å²) in [7, 11) is 0. The molecule has 0 aliphatic carbocycles. The molecule has 0 aromatic heterocycles. The van der Waals surface area contributed by atoms with Gasteiger partial charge < -0.3 is 5.32 Å². The van der Waals surface area contributed by atoms with Crippen molar-refractivity contribution in [3.8, 4) is 0 Å². The van der Waals surface area contributed by atoms with Gasteiger partial charge in [0.1, 0.15) is 0 Å². The average molecular weight is 360 g/mol. The van der Waals surface area contributed by atoms with E-state index in [9.17, 15) is 9.59 Å². The molecule has 0 radical (unpaired) electrons. The van der Waals surface area contributed by atoms with Gasteiger partial charge in [0.15, 0.2) is 0 Å². The summed E-state index contributed by atoms with van der Waals surface area (Å²) < 4.78 is 0.906. The third-order valence-corrected chi connectivity index (χ3v) is 3.22. The molecule has 2 rings (SSSR count). The number of halogens is 1. The molecule has 0 saturated carbocycles. The molecule has 6 heteroatoms. The first kappa shape index (κ1) is 15.9. The van der Waals surface area contributed by atoms with Gasteiger partial charge >= 0.3 is 11.8 Å². The van der Waals surface area contributed by atoms with Gasteiger partial charge in [-0.2, -0.15) is 5.10 Å². The molecule has 2 N–H and O–H groups in total. The van der Waals surface area contributed by atoms with Crippen LogP contribution < -0.4 is 10.7 Å². The number of nitrogens with zero attached hydrogens (tertiary/aromatic N) is 1. The van der Waals surface area contributed by atoms with Gasteiger partial charge in [-0.3, -0.25) is 9.59 Å². The normalized spacial score (nSPS) is 10.4. The van der Waals surface area contributed by atoms with Crippen molar-refractivity contribution < 1.29 is 9.59 Å². The summed E-state index contributed by atoms with van der Waals surface area (Å²) in [6.45, 7) is 0.294. The van der Waals surface area contributed by atoms with Crippen molar-refractivity contribution in [2.24, 2.45) is 5.10 Å². The van der Waals surface area contributed by atoms with Crippen molar-refractivity contribution in [1.82, 2.24) is 10.7 Å². The second-order valence-electron chi connectivity index (χ2n) is 4.42. The highest BCUT2D eigenvalue weighted by Crippen LogP contribution is 2.09. The maximum absolute atomic E-state index is 11.6. The first-order chi connectivity index (χ1) is 10.6. The molecule has 0 aliphatic heterocycles. The molecule has 5 nitrogen and oxygen atoms in total. The Kier molecular flexibility index (Phi) is 5.85.